The summed E-state index contributed by atoms with van der Waals surface area (Å²) in [5, 5.41) is 17.9. The van der Waals surface area contributed by atoms with E-state index in [0.717, 1.165) is 54.9 Å². The van der Waals surface area contributed by atoms with E-state index < -0.39 is 0 Å². The van der Waals surface area contributed by atoms with E-state index in [0.29, 0.717) is 17.5 Å². The number of carbonyl (C=O) groups is 1. The molecule has 7 heteroatoms. The second-order valence-corrected chi connectivity index (χ2v) is 7.60. The number of allylic oxidation sites excluding steroid dienone is 1. The lowest BCUT2D eigenvalue weighted by atomic mass is 10.0. The van der Waals surface area contributed by atoms with E-state index >= 15 is 0 Å². The number of phenolic OH excluding ortho intramolecular Hbond substituents is 1. The highest BCUT2D eigenvalue weighted by Crippen LogP contribution is 2.33. The molecule has 2 N–H and O–H groups in total. The largest absolute Gasteiger partial charge is 0.508 e. The summed E-state index contributed by atoms with van der Waals surface area (Å²) in [6.45, 7) is 5.75. The van der Waals surface area contributed by atoms with Gasteiger partial charge in [-0.1, -0.05) is 56.3 Å². The van der Waals surface area contributed by atoms with Crippen molar-refractivity contribution in [1.29, 1.82) is 0 Å². The number of rotatable bonds is 4. The smallest absolute Gasteiger partial charge is 0.253 e. The molecule has 5 rings (SSSR count). The van der Waals surface area contributed by atoms with Crippen LogP contribution in [0.3, 0.4) is 0 Å². The first-order valence-electron chi connectivity index (χ1n) is 11.3. The fraction of sp³-hybridized carbons (Fsp3) is 0.320. The standard InChI is InChI=1S/C23H23N5O2.C2H6/c29-20-10-4-9-19-18(20)8-5-14-27(19)15-13-17-11-12-21(30)28-23(24-17)25-22(26-28)16-6-2-1-3-7-16;1-2/h1-4,6-7,9-11,29H,5,8,12-15H2,(H,24,25,26);1-2H3. The molecule has 1 aromatic heterocycles. The summed E-state index contributed by atoms with van der Waals surface area (Å²) in [6.07, 6.45) is 4.87. The molecule has 2 aliphatic rings. The Morgan fingerprint density at radius 1 is 1.09 bits per heavy atom. The molecule has 0 fully saturated rings. The molecule has 0 saturated heterocycles. The highest BCUT2D eigenvalue weighted by Gasteiger charge is 2.22. The zero-order chi connectivity index (χ0) is 22.5. The van der Waals surface area contributed by atoms with Gasteiger partial charge in [0.1, 0.15) is 5.75 Å². The molecule has 0 unspecified atom stereocenters. The third-order valence-corrected chi connectivity index (χ3v) is 5.64. The summed E-state index contributed by atoms with van der Waals surface area (Å²) in [5.41, 5.74) is 3.96. The number of fused-ring (bicyclic) bond motifs is 2. The van der Waals surface area contributed by atoms with Gasteiger partial charge in [-0.3, -0.25) is 4.79 Å². The van der Waals surface area contributed by atoms with Crippen molar-refractivity contribution in [2.45, 2.75) is 39.5 Å². The van der Waals surface area contributed by atoms with Crippen molar-refractivity contribution in [2.24, 2.45) is 0 Å². The van der Waals surface area contributed by atoms with Crippen LogP contribution >= 0.6 is 0 Å². The van der Waals surface area contributed by atoms with E-state index in [1.165, 1.54) is 4.68 Å². The average molecular weight is 432 g/mol. The highest BCUT2D eigenvalue weighted by molar-refractivity contribution is 5.84. The number of benzene rings is 2. The number of hydrogen-bond acceptors (Lipinski definition) is 6. The lowest BCUT2D eigenvalue weighted by Gasteiger charge is -2.32. The Balaban J connectivity index is 0.00000119. The van der Waals surface area contributed by atoms with Crippen molar-refractivity contribution in [1.82, 2.24) is 14.8 Å². The molecule has 3 aromatic rings. The Morgan fingerprint density at radius 3 is 2.72 bits per heavy atom. The van der Waals surface area contributed by atoms with Crippen molar-refractivity contribution >= 4 is 17.5 Å². The Hall–Kier alpha value is -3.61. The van der Waals surface area contributed by atoms with E-state index in [9.17, 15) is 9.90 Å². The van der Waals surface area contributed by atoms with E-state index in [-0.39, 0.29) is 12.3 Å². The minimum Gasteiger partial charge on any atom is -0.508 e. The molecule has 0 atom stereocenters. The van der Waals surface area contributed by atoms with Crippen molar-refractivity contribution in [2.75, 3.05) is 23.3 Å². The fourth-order valence-corrected chi connectivity index (χ4v) is 4.10. The maximum Gasteiger partial charge on any atom is 0.253 e. The van der Waals surface area contributed by atoms with E-state index in [1.807, 2.05) is 56.3 Å². The van der Waals surface area contributed by atoms with Gasteiger partial charge >= 0.3 is 0 Å². The molecule has 0 bridgehead atoms. The van der Waals surface area contributed by atoms with Crippen molar-refractivity contribution in [3.8, 4) is 17.1 Å². The predicted molar refractivity (Wildman–Crippen MR) is 127 cm³/mol. The van der Waals surface area contributed by atoms with Gasteiger partial charge in [0.05, 0.1) is 0 Å². The third-order valence-electron chi connectivity index (χ3n) is 5.64. The second kappa shape index (κ2) is 9.68. The second-order valence-electron chi connectivity index (χ2n) is 7.60. The number of hydrogen-bond donors (Lipinski definition) is 2. The number of carbonyl (C=O) groups excluding carboxylic acids is 1. The number of anilines is 2. The van der Waals surface area contributed by atoms with Crippen molar-refractivity contribution in [3.63, 3.8) is 0 Å². The summed E-state index contributed by atoms with van der Waals surface area (Å²) in [7, 11) is 0. The summed E-state index contributed by atoms with van der Waals surface area (Å²) < 4.78 is 1.36. The molecule has 0 amide bonds. The van der Waals surface area contributed by atoms with Gasteiger partial charge < -0.3 is 15.3 Å². The summed E-state index contributed by atoms with van der Waals surface area (Å²) in [5.74, 6) is 1.26. The molecule has 0 radical (unpaired) electrons. The number of nitrogens with zero attached hydrogens (tertiary/aromatic N) is 4. The SMILES string of the molecule is CC.O=C1CC=C(CCN2CCCc3c(O)cccc32)Nc2nc(-c3ccccc3)nn21. The first-order chi connectivity index (χ1) is 15.7. The Labute approximate surface area is 188 Å². The van der Waals surface area contributed by atoms with Gasteiger partial charge in [-0.05, 0) is 25.0 Å². The molecule has 7 nitrogen and oxygen atoms in total. The molecular weight excluding hydrogens is 402 g/mol. The van der Waals surface area contributed by atoms with E-state index in [1.54, 1.807) is 6.07 Å². The molecule has 0 saturated carbocycles. The monoisotopic (exact) mass is 431 g/mol. The van der Waals surface area contributed by atoms with Crippen LogP contribution in [0.5, 0.6) is 5.75 Å². The van der Waals surface area contributed by atoms with E-state index in [4.69, 9.17) is 0 Å². The molecule has 0 aliphatic carbocycles. The molecule has 0 spiro atoms. The topological polar surface area (TPSA) is 83.3 Å². The minimum atomic E-state index is -0.101. The van der Waals surface area contributed by atoms with Gasteiger partial charge in [-0.15, -0.1) is 5.10 Å². The predicted octanol–water partition coefficient (Wildman–Crippen LogP) is 4.86. The summed E-state index contributed by atoms with van der Waals surface area (Å²) in [4.78, 5) is 19.4. The summed E-state index contributed by atoms with van der Waals surface area (Å²) in [6, 6.07) is 15.4. The lowest BCUT2D eigenvalue weighted by Crippen LogP contribution is -2.31. The van der Waals surface area contributed by atoms with E-state index in [2.05, 4.69) is 26.4 Å². The van der Waals surface area contributed by atoms with Crippen LogP contribution in [0.15, 0.2) is 60.3 Å². The molecule has 2 aromatic carbocycles. The van der Waals surface area contributed by atoms with Crippen molar-refractivity contribution < 1.29 is 9.90 Å². The van der Waals surface area contributed by atoms with Crippen molar-refractivity contribution in [3.05, 3.63) is 65.9 Å². The average Bonchev–Trinajstić information content (AvgIpc) is 3.20. The normalized spacial score (nSPS) is 14.9. The highest BCUT2D eigenvalue weighted by atomic mass is 16.3. The van der Waals surface area contributed by atoms with Crippen LogP contribution in [0.2, 0.25) is 0 Å². The molecular formula is C25H29N5O2. The Morgan fingerprint density at radius 2 is 1.91 bits per heavy atom. The Kier molecular flexibility index (Phi) is 6.54. The number of nitrogens with one attached hydrogen (secondary N) is 1. The van der Waals surface area contributed by atoms with Crippen LogP contribution in [-0.2, 0) is 6.42 Å². The van der Waals surface area contributed by atoms with Gasteiger partial charge in [-0.25, -0.2) is 0 Å². The first-order valence-corrected chi connectivity index (χ1v) is 11.3. The van der Waals surface area contributed by atoms with Crippen LogP contribution < -0.4 is 10.2 Å². The number of phenols is 1. The summed E-state index contributed by atoms with van der Waals surface area (Å²) >= 11 is 0. The maximum atomic E-state index is 12.5. The third kappa shape index (κ3) is 4.37. The Bertz CT molecular complexity index is 1120. The van der Waals surface area contributed by atoms with Gasteiger partial charge in [0.2, 0.25) is 5.95 Å². The van der Waals surface area contributed by atoms with Gasteiger partial charge in [0.15, 0.2) is 5.82 Å². The zero-order valence-corrected chi connectivity index (χ0v) is 18.6. The van der Waals surface area contributed by atoms with Crippen LogP contribution in [0.1, 0.15) is 43.5 Å². The van der Waals surface area contributed by atoms with Gasteiger partial charge in [0, 0.05) is 48.4 Å². The molecule has 3 heterocycles. The quantitative estimate of drug-likeness (QED) is 0.614. The lowest BCUT2D eigenvalue weighted by molar-refractivity contribution is 0.0905. The van der Waals surface area contributed by atoms with Gasteiger partial charge in [0.25, 0.3) is 5.91 Å². The molecule has 32 heavy (non-hydrogen) atoms. The van der Waals surface area contributed by atoms with Crippen LogP contribution in [0.4, 0.5) is 11.6 Å². The zero-order valence-electron chi connectivity index (χ0n) is 18.6. The van der Waals surface area contributed by atoms with Crippen LogP contribution in [-0.4, -0.2) is 38.9 Å². The molecule has 166 valence electrons. The minimum absolute atomic E-state index is 0.101. The van der Waals surface area contributed by atoms with Crippen LogP contribution in [0, 0.1) is 0 Å². The van der Waals surface area contributed by atoms with Gasteiger partial charge in [-0.2, -0.15) is 9.67 Å². The first kappa shape index (κ1) is 21.6. The number of aromatic nitrogens is 3. The number of aromatic hydroxyl groups is 1. The fourth-order valence-electron chi connectivity index (χ4n) is 4.10. The molecule has 2 aliphatic heterocycles. The maximum absolute atomic E-state index is 12.5. The van der Waals surface area contributed by atoms with Crippen LogP contribution in [0.25, 0.3) is 11.4 Å².